The molecular formula is C23H23N5O2. The number of aromatic nitrogens is 4. The molecule has 0 fully saturated rings. The monoisotopic (exact) mass is 401 g/mol. The quantitative estimate of drug-likeness (QED) is 0.534. The summed E-state index contributed by atoms with van der Waals surface area (Å²) in [5, 5.41) is 0. The third-order valence-corrected chi connectivity index (χ3v) is 6.02. The molecule has 3 aliphatic heterocycles. The van der Waals surface area contributed by atoms with Crippen molar-refractivity contribution in [1.29, 1.82) is 0 Å². The van der Waals surface area contributed by atoms with Crippen LogP contribution in [0.25, 0.3) is 22.6 Å². The minimum Gasteiger partial charge on any atom is -0.370 e. The summed E-state index contributed by atoms with van der Waals surface area (Å²) in [6.07, 6.45) is 2.20. The molecule has 5 rings (SSSR count). The van der Waals surface area contributed by atoms with E-state index in [4.69, 9.17) is 0 Å². The number of aromatic amines is 1. The zero-order valence-electron chi connectivity index (χ0n) is 17.1. The van der Waals surface area contributed by atoms with Gasteiger partial charge in [-0.25, -0.2) is 9.78 Å². The van der Waals surface area contributed by atoms with Gasteiger partial charge in [0.15, 0.2) is 11.5 Å². The van der Waals surface area contributed by atoms with Crippen LogP contribution in [0.15, 0.2) is 46.0 Å². The molecule has 0 aromatic heterocycles. The van der Waals surface area contributed by atoms with Crippen LogP contribution in [0.5, 0.6) is 0 Å². The molecular weight excluding hydrogens is 378 g/mol. The lowest BCUT2D eigenvalue weighted by molar-refractivity contribution is 0.626. The molecule has 0 amide bonds. The molecule has 2 aromatic rings. The van der Waals surface area contributed by atoms with Gasteiger partial charge in [0.2, 0.25) is 0 Å². The minimum atomic E-state index is -0.644. The second kappa shape index (κ2) is 7.09. The van der Waals surface area contributed by atoms with Crippen LogP contribution in [0.1, 0.15) is 23.1 Å². The average molecular weight is 401 g/mol. The van der Waals surface area contributed by atoms with Crippen LogP contribution in [0.3, 0.4) is 0 Å². The van der Waals surface area contributed by atoms with Gasteiger partial charge in [0.1, 0.15) is 0 Å². The number of fused-ring (bicyclic) bond motifs is 3. The highest BCUT2D eigenvalue weighted by molar-refractivity contribution is 5.81. The van der Waals surface area contributed by atoms with E-state index in [-0.39, 0.29) is 5.69 Å². The molecule has 3 aliphatic rings. The van der Waals surface area contributed by atoms with Crippen LogP contribution < -0.4 is 16.1 Å². The van der Waals surface area contributed by atoms with E-state index in [0.29, 0.717) is 12.4 Å². The fourth-order valence-electron chi connectivity index (χ4n) is 4.34. The van der Waals surface area contributed by atoms with Crippen LogP contribution >= 0.6 is 0 Å². The third-order valence-electron chi connectivity index (χ3n) is 6.02. The number of benzene rings is 2. The second-order valence-corrected chi connectivity index (χ2v) is 7.95. The Kier molecular flexibility index (Phi) is 4.38. The number of nitrogens with one attached hydrogen (secondary N) is 1. The molecule has 7 nitrogen and oxygen atoms in total. The largest absolute Gasteiger partial charge is 0.370 e. The zero-order chi connectivity index (χ0) is 20.8. The lowest BCUT2D eigenvalue weighted by Gasteiger charge is -2.32. The van der Waals surface area contributed by atoms with Crippen LogP contribution in [0.2, 0.25) is 0 Å². The van der Waals surface area contributed by atoms with Gasteiger partial charge in [-0.05, 0) is 61.6 Å². The Labute approximate surface area is 173 Å². The number of hydrogen-bond acceptors (Lipinski definition) is 5. The summed E-state index contributed by atoms with van der Waals surface area (Å²) in [5.74, 6) is 0.338. The average Bonchev–Trinajstić information content (AvgIpc) is 2.73. The Morgan fingerprint density at radius 1 is 1.03 bits per heavy atom. The van der Waals surface area contributed by atoms with Crippen molar-refractivity contribution in [1.82, 2.24) is 19.5 Å². The summed E-state index contributed by atoms with van der Waals surface area (Å²) in [6.45, 7) is 6.42. The first-order chi connectivity index (χ1) is 14.5. The van der Waals surface area contributed by atoms with Gasteiger partial charge in [-0.15, -0.1) is 0 Å². The minimum absolute atomic E-state index is 0.199. The highest BCUT2D eigenvalue weighted by Crippen LogP contribution is 2.28. The molecule has 0 spiro atoms. The number of aryl methyl sites for hydroxylation is 3. The van der Waals surface area contributed by atoms with Crippen molar-refractivity contribution in [2.24, 2.45) is 0 Å². The number of nitrogens with zero attached hydrogens (tertiary/aromatic N) is 4. The predicted octanol–water partition coefficient (Wildman–Crippen LogP) is 2.65. The molecule has 1 N–H and O–H groups in total. The normalized spacial score (nSPS) is 13.7. The number of hydrogen-bond donors (Lipinski definition) is 1. The molecule has 2 aromatic carbocycles. The zero-order valence-corrected chi connectivity index (χ0v) is 17.1. The molecule has 7 heteroatoms. The maximum atomic E-state index is 12.4. The maximum Gasteiger partial charge on any atom is 0.349 e. The van der Waals surface area contributed by atoms with Crippen molar-refractivity contribution in [3.63, 3.8) is 0 Å². The van der Waals surface area contributed by atoms with Crippen LogP contribution in [0.4, 0.5) is 5.69 Å². The molecule has 152 valence electrons. The highest BCUT2D eigenvalue weighted by Gasteiger charge is 2.21. The maximum absolute atomic E-state index is 12.4. The Balaban J connectivity index is 1.64. The molecule has 0 unspecified atom stereocenters. The summed E-state index contributed by atoms with van der Waals surface area (Å²) >= 11 is 0. The van der Waals surface area contributed by atoms with Crippen molar-refractivity contribution >= 4 is 16.7 Å². The van der Waals surface area contributed by atoms with Gasteiger partial charge in [-0.2, -0.15) is 4.98 Å². The van der Waals surface area contributed by atoms with Crippen LogP contribution in [-0.4, -0.2) is 32.6 Å². The molecule has 0 atom stereocenters. The Morgan fingerprint density at radius 2 is 1.83 bits per heavy atom. The Bertz CT molecular complexity index is 1350. The first-order valence-electron chi connectivity index (χ1n) is 10.3. The van der Waals surface area contributed by atoms with E-state index in [0.717, 1.165) is 48.1 Å². The van der Waals surface area contributed by atoms with Gasteiger partial charge < -0.3 is 9.47 Å². The van der Waals surface area contributed by atoms with Crippen molar-refractivity contribution in [2.45, 2.75) is 33.2 Å². The fourth-order valence-corrected chi connectivity index (χ4v) is 4.34. The number of H-pyrrole nitrogens is 1. The van der Waals surface area contributed by atoms with E-state index in [9.17, 15) is 9.59 Å². The van der Waals surface area contributed by atoms with Gasteiger partial charge in [0.05, 0.1) is 11.0 Å². The SMILES string of the molecule is Cc1cc2nc3c(=O)[nH]c(=O)nc-3n(CCN3CCCc4ccccc43)c2cc1C. The molecule has 3 heterocycles. The standard InChI is InChI=1S/C23H23N5O2/c1-14-12-17-19(13-15(14)2)28(21-20(24-17)22(29)26-23(30)25-21)11-10-27-9-5-7-16-6-3-4-8-18(16)27/h3-4,6,8,12-13H,5,7,9-11H2,1-2H3,(H,26,29,30). The van der Waals surface area contributed by atoms with Gasteiger partial charge in [-0.3, -0.25) is 9.78 Å². The Morgan fingerprint density at radius 3 is 2.70 bits per heavy atom. The summed E-state index contributed by atoms with van der Waals surface area (Å²) in [7, 11) is 0. The lowest BCUT2D eigenvalue weighted by Crippen LogP contribution is -2.34. The number of anilines is 1. The van der Waals surface area contributed by atoms with Crippen molar-refractivity contribution in [3.05, 3.63) is 73.9 Å². The topological polar surface area (TPSA) is 83.9 Å². The van der Waals surface area contributed by atoms with Crippen molar-refractivity contribution in [2.75, 3.05) is 18.0 Å². The summed E-state index contributed by atoms with van der Waals surface area (Å²) in [6, 6.07) is 12.5. The summed E-state index contributed by atoms with van der Waals surface area (Å²) < 4.78 is 1.97. The van der Waals surface area contributed by atoms with E-state index in [2.05, 4.69) is 57.1 Å². The number of para-hydroxylation sites is 1. The van der Waals surface area contributed by atoms with Crippen LogP contribution in [0, 0.1) is 13.8 Å². The van der Waals surface area contributed by atoms with Gasteiger partial charge >= 0.3 is 5.69 Å². The predicted molar refractivity (Wildman–Crippen MR) is 117 cm³/mol. The second-order valence-electron chi connectivity index (χ2n) is 7.95. The molecule has 30 heavy (non-hydrogen) atoms. The van der Waals surface area contributed by atoms with Crippen LogP contribution in [-0.2, 0) is 13.0 Å². The van der Waals surface area contributed by atoms with E-state index >= 15 is 0 Å². The van der Waals surface area contributed by atoms with Gasteiger partial charge in [-0.1, -0.05) is 18.2 Å². The fraction of sp³-hybridized carbons (Fsp3) is 0.304. The first-order valence-corrected chi connectivity index (χ1v) is 10.3. The summed E-state index contributed by atoms with van der Waals surface area (Å²) in [5.41, 5.74) is 5.53. The first kappa shape index (κ1) is 18.5. The lowest BCUT2D eigenvalue weighted by atomic mass is 10.0. The van der Waals surface area contributed by atoms with Gasteiger partial charge in [0, 0.05) is 25.3 Å². The smallest absolute Gasteiger partial charge is 0.349 e. The molecule has 0 bridgehead atoms. The van der Waals surface area contributed by atoms with Crippen molar-refractivity contribution in [3.8, 4) is 11.5 Å². The van der Waals surface area contributed by atoms with Gasteiger partial charge in [0.25, 0.3) is 5.56 Å². The molecule has 0 aliphatic carbocycles. The van der Waals surface area contributed by atoms with E-state index in [1.54, 1.807) is 0 Å². The van der Waals surface area contributed by atoms with E-state index < -0.39 is 11.2 Å². The Hall–Kier alpha value is -3.48. The summed E-state index contributed by atoms with van der Waals surface area (Å²) in [4.78, 5) is 37.7. The van der Waals surface area contributed by atoms with Crippen molar-refractivity contribution < 1.29 is 0 Å². The highest BCUT2D eigenvalue weighted by atomic mass is 16.2. The molecule has 0 radical (unpaired) electrons. The third kappa shape index (κ3) is 3.07. The number of rotatable bonds is 3. The van der Waals surface area contributed by atoms with E-state index in [1.807, 2.05) is 17.6 Å². The molecule has 0 saturated heterocycles. The molecule has 0 saturated carbocycles. The van der Waals surface area contributed by atoms with E-state index in [1.165, 1.54) is 11.3 Å².